The van der Waals surface area contributed by atoms with E-state index in [-0.39, 0.29) is 102 Å². The Morgan fingerprint density at radius 2 is 1.44 bits per heavy atom. The van der Waals surface area contributed by atoms with Crippen molar-refractivity contribution in [2.24, 2.45) is 5.73 Å². The van der Waals surface area contributed by atoms with Crippen molar-refractivity contribution in [1.29, 1.82) is 0 Å². The smallest absolute Gasteiger partial charge is 1.00 e. The van der Waals surface area contributed by atoms with Gasteiger partial charge >= 0.3 is 21.1 Å². The van der Waals surface area contributed by atoms with Crippen LogP contribution in [0.25, 0.3) is 0 Å². The molecule has 0 amide bonds. The van der Waals surface area contributed by atoms with Crippen LogP contribution < -0.4 is 90.8 Å². The number of rotatable bonds is 1. The van der Waals surface area contributed by atoms with Gasteiger partial charge in [-0.2, -0.15) is 0 Å². The minimum Gasteiger partial charge on any atom is -1.00 e. The standard InChI is InChI=1S/C6H15N3.6ClH.Pt/c1-5(7)6-4-8-2-3-9-6;;;;;;;/h5-6,8-9H,2-4,7H2,1H3;6*1H;/q;;;;;;;+4/p-6. The Balaban J connectivity index is -0.0000000231. The van der Waals surface area contributed by atoms with E-state index in [1.807, 2.05) is 6.92 Å². The molecule has 2 unspecified atom stereocenters. The molecule has 0 aromatic heterocycles. The summed E-state index contributed by atoms with van der Waals surface area (Å²) in [5.41, 5.74) is 5.66. The molecule has 3 nitrogen and oxygen atoms in total. The first-order valence-electron chi connectivity index (χ1n) is 3.50. The van der Waals surface area contributed by atoms with Crippen molar-refractivity contribution in [3.8, 4) is 0 Å². The Kier molecular flexibility index (Phi) is 69.7. The fraction of sp³-hybridized carbons (Fsp3) is 1.00. The van der Waals surface area contributed by atoms with E-state index in [0.29, 0.717) is 6.04 Å². The quantitative estimate of drug-likeness (QED) is 0.312. The average Bonchev–Trinajstić information content (AvgIpc) is 1.90. The summed E-state index contributed by atoms with van der Waals surface area (Å²) >= 11 is 0. The van der Waals surface area contributed by atoms with Gasteiger partial charge in [0.05, 0.1) is 0 Å². The molecule has 0 bridgehead atoms. The van der Waals surface area contributed by atoms with E-state index in [9.17, 15) is 0 Å². The zero-order valence-electron chi connectivity index (χ0n) is 8.44. The van der Waals surface area contributed by atoms with Gasteiger partial charge in [-0.1, -0.05) is 0 Å². The Bertz CT molecular complexity index is 96.3. The van der Waals surface area contributed by atoms with Crippen molar-refractivity contribution in [3.05, 3.63) is 0 Å². The van der Waals surface area contributed by atoms with Gasteiger partial charge in [0.1, 0.15) is 0 Å². The van der Waals surface area contributed by atoms with Crippen LogP contribution in [0.15, 0.2) is 0 Å². The van der Waals surface area contributed by atoms with Crippen molar-refractivity contribution >= 4 is 0 Å². The fourth-order valence-corrected chi connectivity index (χ4v) is 1.05. The molecular weight excluding hydrogens is 522 g/mol. The topological polar surface area (TPSA) is 50.1 Å². The summed E-state index contributed by atoms with van der Waals surface area (Å²) in [5.74, 6) is 0. The van der Waals surface area contributed by atoms with Crippen molar-refractivity contribution in [2.75, 3.05) is 19.6 Å². The zero-order chi connectivity index (χ0) is 6.69. The largest absolute Gasteiger partial charge is 4.00 e. The number of nitrogens with two attached hydrogens (primary N) is 1. The molecule has 1 fully saturated rings. The first kappa shape index (κ1) is 42.9. The van der Waals surface area contributed by atoms with Crippen LogP contribution in [0.1, 0.15) is 6.92 Å². The molecule has 0 radical (unpaired) electrons. The third-order valence-electron chi connectivity index (χ3n) is 1.71. The van der Waals surface area contributed by atoms with Crippen LogP contribution in [0.4, 0.5) is 0 Å². The summed E-state index contributed by atoms with van der Waals surface area (Å²) in [6.45, 7) is 5.16. The van der Waals surface area contributed by atoms with E-state index < -0.39 is 0 Å². The molecule has 1 rings (SSSR count). The number of nitrogens with one attached hydrogen (secondary N) is 2. The normalized spacial score (nSPS) is 18.0. The summed E-state index contributed by atoms with van der Waals surface area (Å²) in [5, 5.41) is 6.60. The molecule has 1 heterocycles. The van der Waals surface area contributed by atoms with Gasteiger partial charge in [-0.25, -0.2) is 0 Å². The Hall–Kier alpha value is 2.31. The second kappa shape index (κ2) is 26.0. The van der Waals surface area contributed by atoms with Crippen LogP contribution >= 0.6 is 0 Å². The van der Waals surface area contributed by atoms with Crippen LogP contribution in [0.5, 0.6) is 0 Å². The fourth-order valence-electron chi connectivity index (χ4n) is 1.05. The molecule has 1 aliphatic rings. The predicted octanol–water partition coefficient (Wildman–Crippen LogP) is -19.1. The minimum atomic E-state index is 0. The zero-order valence-corrected chi connectivity index (χ0v) is 15.2. The summed E-state index contributed by atoms with van der Waals surface area (Å²) in [6.07, 6.45) is 0. The minimum absolute atomic E-state index is 0. The van der Waals surface area contributed by atoms with E-state index in [2.05, 4.69) is 10.6 Å². The van der Waals surface area contributed by atoms with Gasteiger partial charge in [-0.15, -0.1) is 0 Å². The van der Waals surface area contributed by atoms with E-state index in [1.54, 1.807) is 0 Å². The molecular formula is C6H15Cl6N3Pt-2. The molecule has 1 aliphatic heterocycles. The van der Waals surface area contributed by atoms with Gasteiger partial charge in [-0.3, -0.25) is 0 Å². The van der Waals surface area contributed by atoms with Crippen molar-refractivity contribution in [3.63, 3.8) is 0 Å². The molecule has 0 aromatic carbocycles. The SMILES string of the molecule is CC(N)C1CNCCN1.[Cl-].[Cl-].[Cl-].[Cl-].[Cl-].[Cl-].[Pt+4]. The van der Waals surface area contributed by atoms with E-state index in [1.165, 1.54) is 0 Å². The maximum atomic E-state index is 5.66. The summed E-state index contributed by atoms with van der Waals surface area (Å²) in [6, 6.07) is 0.733. The predicted molar refractivity (Wildman–Crippen MR) is 38.3 cm³/mol. The second-order valence-electron chi connectivity index (χ2n) is 2.62. The van der Waals surface area contributed by atoms with Crippen LogP contribution in [-0.4, -0.2) is 31.7 Å². The first-order valence-corrected chi connectivity index (χ1v) is 3.50. The molecule has 1 saturated heterocycles. The molecule has 0 saturated carbocycles. The van der Waals surface area contributed by atoms with Crippen molar-refractivity contribution in [1.82, 2.24) is 10.6 Å². The van der Waals surface area contributed by atoms with Gasteiger partial charge < -0.3 is 90.8 Å². The molecule has 0 spiro atoms. The molecule has 4 N–H and O–H groups in total. The van der Waals surface area contributed by atoms with Crippen LogP contribution in [0.2, 0.25) is 0 Å². The number of hydrogen-bond donors (Lipinski definition) is 3. The van der Waals surface area contributed by atoms with Crippen molar-refractivity contribution < 1.29 is 95.5 Å². The van der Waals surface area contributed by atoms with Crippen LogP contribution in [-0.2, 0) is 21.1 Å². The molecule has 2 atom stereocenters. The molecule has 10 heteroatoms. The number of piperazine rings is 1. The monoisotopic (exact) mass is 534 g/mol. The van der Waals surface area contributed by atoms with Crippen LogP contribution in [0.3, 0.4) is 0 Å². The average molecular weight is 537 g/mol. The third-order valence-corrected chi connectivity index (χ3v) is 1.71. The van der Waals surface area contributed by atoms with E-state index >= 15 is 0 Å². The van der Waals surface area contributed by atoms with Gasteiger partial charge in [0.15, 0.2) is 0 Å². The maximum Gasteiger partial charge on any atom is 4.00 e. The third kappa shape index (κ3) is 18.7. The van der Waals surface area contributed by atoms with Gasteiger partial charge in [0.25, 0.3) is 0 Å². The van der Waals surface area contributed by atoms with Gasteiger partial charge in [0.2, 0.25) is 0 Å². The summed E-state index contributed by atoms with van der Waals surface area (Å²) in [4.78, 5) is 0. The first-order chi connectivity index (χ1) is 4.30. The van der Waals surface area contributed by atoms with Gasteiger partial charge in [0, 0.05) is 31.7 Å². The number of hydrogen-bond acceptors (Lipinski definition) is 3. The maximum absolute atomic E-state index is 5.66. The summed E-state index contributed by atoms with van der Waals surface area (Å²) < 4.78 is 0. The second-order valence-corrected chi connectivity index (χ2v) is 2.62. The molecule has 16 heavy (non-hydrogen) atoms. The number of halogens is 6. The van der Waals surface area contributed by atoms with E-state index in [0.717, 1.165) is 19.6 Å². The Morgan fingerprint density at radius 3 is 1.62 bits per heavy atom. The Labute approximate surface area is 149 Å². The van der Waals surface area contributed by atoms with Crippen LogP contribution in [0, 0.1) is 0 Å². The summed E-state index contributed by atoms with van der Waals surface area (Å²) in [7, 11) is 0. The van der Waals surface area contributed by atoms with E-state index in [4.69, 9.17) is 5.73 Å². The molecule has 0 aliphatic carbocycles. The Morgan fingerprint density at radius 1 is 1.00 bits per heavy atom. The van der Waals surface area contributed by atoms with Gasteiger partial charge in [-0.05, 0) is 6.92 Å². The van der Waals surface area contributed by atoms with Crippen molar-refractivity contribution in [2.45, 2.75) is 19.0 Å². The molecule has 108 valence electrons. The molecule has 0 aromatic rings.